The number of pyridine rings is 1. The minimum atomic E-state index is 0.0214. The molecule has 0 atom stereocenters. The maximum Gasteiger partial charge on any atom is 0.253 e. The first kappa shape index (κ1) is 18.3. The van der Waals surface area contributed by atoms with Gasteiger partial charge in [-0.05, 0) is 50.1 Å². The lowest BCUT2D eigenvalue weighted by Gasteiger charge is -2.31. The fraction of sp³-hybridized carbons (Fsp3) is 0.381. The Morgan fingerprint density at radius 1 is 1.14 bits per heavy atom. The molecule has 0 saturated carbocycles. The number of hydrogen-bond acceptors (Lipinski definition) is 5. The van der Waals surface area contributed by atoms with E-state index in [9.17, 15) is 4.79 Å². The Morgan fingerprint density at radius 2 is 1.96 bits per heavy atom. The van der Waals surface area contributed by atoms with Gasteiger partial charge >= 0.3 is 0 Å². The molecular weight excluding hydrogens is 356 g/mol. The van der Waals surface area contributed by atoms with Gasteiger partial charge in [0.2, 0.25) is 0 Å². The van der Waals surface area contributed by atoms with Crippen molar-refractivity contribution in [3.05, 3.63) is 54.0 Å². The molecule has 2 aromatic heterocycles. The summed E-state index contributed by atoms with van der Waals surface area (Å²) in [6.45, 7) is 3.82. The Kier molecular flexibility index (Phi) is 5.14. The van der Waals surface area contributed by atoms with E-state index in [4.69, 9.17) is 9.47 Å². The van der Waals surface area contributed by atoms with Crippen molar-refractivity contribution in [3.63, 3.8) is 0 Å². The molecule has 7 heteroatoms. The van der Waals surface area contributed by atoms with Crippen LogP contribution in [0.1, 0.15) is 41.9 Å². The van der Waals surface area contributed by atoms with Crippen LogP contribution < -0.4 is 9.47 Å². The predicted octanol–water partition coefficient (Wildman–Crippen LogP) is 3.16. The molecule has 1 amide bonds. The molecule has 3 heterocycles. The van der Waals surface area contributed by atoms with E-state index >= 15 is 0 Å². The number of nitrogens with zero attached hydrogens (tertiary/aromatic N) is 4. The van der Waals surface area contributed by atoms with E-state index in [0.29, 0.717) is 42.7 Å². The van der Waals surface area contributed by atoms with Crippen molar-refractivity contribution in [1.29, 1.82) is 0 Å². The van der Waals surface area contributed by atoms with Gasteiger partial charge in [-0.2, -0.15) is 0 Å². The lowest BCUT2D eigenvalue weighted by atomic mass is 9.95. The Morgan fingerprint density at radius 3 is 2.71 bits per heavy atom. The summed E-state index contributed by atoms with van der Waals surface area (Å²) in [7, 11) is 1.60. The summed E-state index contributed by atoms with van der Waals surface area (Å²) in [4.78, 5) is 14.9. The Bertz CT molecular complexity index is 977. The van der Waals surface area contributed by atoms with Crippen molar-refractivity contribution < 1.29 is 14.3 Å². The van der Waals surface area contributed by atoms with Gasteiger partial charge in [0.25, 0.3) is 5.91 Å². The molecule has 0 aliphatic carbocycles. The molecule has 1 saturated heterocycles. The zero-order chi connectivity index (χ0) is 19.5. The van der Waals surface area contributed by atoms with E-state index in [2.05, 4.69) is 10.2 Å². The maximum absolute atomic E-state index is 13.0. The van der Waals surface area contributed by atoms with E-state index in [1.165, 1.54) is 0 Å². The summed E-state index contributed by atoms with van der Waals surface area (Å²) in [6.07, 6.45) is 3.74. The molecular formula is C21H24N4O3. The van der Waals surface area contributed by atoms with Crippen LogP contribution in [0.15, 0.2) is 42.6 Å². The van der Waals surface area contributed by atoms with Gasteiger partial charge in [-0.3, -0.25) is 9.20 Å². The third kappa shape index (κ3) is 3.40. The number of piperidine rings is 1. The highest BCUT2D eigenvalue weighted by Crippen LogP contribution is 2.31. The van der Waals surface area contributed by atoms with E-state index in [1.54, 1.807) is 25.3 Å². The van der Waals surface area contributed by atoms with Crippen LogP contribution in [0.3, 0.4) is 0 Å². The molecule has 28 heavy (non-hydrogen) atoms. The van der Waals surface area contributed by atoms with Crippen LogP contribution in [0.2, 0.25) is 0 Å². The molecule has 1 fully saturated rings. The average Bonchev–Trinajstić information content (AvgIpc) is 3.18. The zero-order valence-electron chi connectivity index (χ0n) is 16.2. The molecule has 1 aromatic carbocycles. The number of benzene rings is 1. The van der Waals surface area contributed by atoms with Gasteiger partial charge in [0.15, 0.2) is 17.1 Å². The number of ether oxygens (including phenoxy) is 2. The molecule has 0 unspecified atom stereocenters. The van der Waals surface area contributed by atoms with Crippen LogP contribution in [0.25, 0.3) is 5.65 Å². The van der Waals surface area contributed by atoms with E-state index in [-0.39, 0.29) is 5.91 Å². The van der Waals surface area contributed by atoms with Crippen LogP contribution >= 0.6 is 0 Å². The first-order valence-corrected chi connectivity index (χ1v) is 9.61. The zero-order valence-corrected chi connectivity index (χ0v) is 16.2. The van der Waals surface area contributed by atoms with Gasteiger partial charge in [-0.25, -0.2) is 0 Å². The summed E-state index contributed by atoms with van der Waals surface area (Å²) in [5.74, 6) is 2.53. The van der Waals surface area contributed by atoms with Crippen molar-refractivity contribution in [2.75, 3.05) is 26.8 Å². The number of methoxy groups -OCH3 is 1. The Labute approximate surface area is 163 Å². The van der Waals surface area contributed by atoms with Crippen LogP contribution in [0, 0.1) is 0 Å². The summed E-state index contributed by atoms with van der Waals surface area (Å²) in [5.41, 5.74) is 1.48. The highest BCUT2D eigenvalue weighted by molar-refractivity contribution is 5.95. The third-order valence-electron chi connectivity index (χ3n) is 5.20. The van der Waals surface area contributed by atoms with Gasteiger partial charge in [0, 0.05) is 30.8 Å². The molecule has 146 valence electrons. The first-order valence-electron chi connectivity index (χ1n) is 9.61. The second kappa shape index (κ2) is 7.88. The topological polar surface area (TPSA) is 69.0 Å². The summed E-state index contributed by atoms with van der Waals surface area (Å²) >= 11 is 0. The van der Waals surface area contributed by atoms with Gasteiger partial charge in [0.05, 0.1) is 13.7 Å². The fourth-order valence-corrected chi connectivity index (χ4v) is 3.74. The van der Waals surface area contributed by atoms with Crippen molar-refractivity contribution in [1.82, 2.24) is 19.5 Å². The largest absolute Gasteiger partial charge is 0.493 e. The fourth-order valence-electron chi connectivity index (χ4n) is 3.74. The highest BCUT2D eigenvalue weighted by Gasteiger charge is 2.27. The van der Waals surface area contributed by atoms with E-state index in [0.717, 1.165) is 24.3 Å². The number of amides is 1. The van der Waals surface area contributed by atoms with Crippen molar-refractivity contribution >= 4 is 11.6 Å². The van der Waals surface area contributed by atoms with Gasteiger partial charge < -0.3 is 14.4 Å². The standard InChI is InChI=1S/C21H24N4O3/c1-3-28-18-14-16(7-8-17(18)27-2)21(26)24-12-9-15(10-13-24)20-23-22-19-6-4-5-11-25(19)20/h4-8,11,14-15H,3,9-10,12-13H2,1-2H3. The maximum atomic E-state index is 13.0. The highest BCUT2D eigenvalue weighted by atomic mass is 16.5. The second-order valence-corrected chi connectivity index (χ2v) is 6.85. The van der Waals surface area contributed by atoms with Gasteiger partial charge in [0.1, 0.15) is 5.82 Å². The number of rotatable bonds is 5. The minimum absolute atomic E-state index is 0.0214. The van der Waals surface area contributed by atoms with Crippen LogP contribution in [0.5, 0.6) is 11.5 Å². The van der Waals surface area contributed by atoms with Crippen molar-refractivity contribution in [2.45, 2.75) is 25.7 Å². The van der Waals surface area contributed by atoms with E-state index in [1.807, 2.05) is 40.6 Å². The third-order valence-corrected chi connectivity index (χ3v) is 5.20. The van der Waals surface area contributed by atoms with Crippen LogP contribution in [0.4, 0.5) is 0 Å². The van der Waals surface area contributed by atoms with Crippen molar-refractivity contribution in [3.8, 4) is 11.5 Å². The number of fused-ring (bicyclic) bond motifs is 1. The second-order valence-electron chi connectivity index (χ2n) is 6.85. The number of carbonyl (C=O) groups excluding carboxylic acids is 1. The molecule has 7 nitrogen and oxygen atoms in total. The smallest absolute Gasteiger partial charge is 0.253 e. The molecule has 0 bridgehead atoms. The quantitative estimate of drug-likeness (QED) is 0.680. The van der Waals surface area contributed by atoms with Gasteiger partial charge in [-0.1, -0.05) is 6.07 Å². The van der Waals surface area contributed by atoms with Crippen LogP contribution in [-0.4, -0.2) is 52.2 Å². The predicted molar refractivity (Wildman–Crippen MR) is 105 cm³/mol. The molecule has 1 aliphatic rings. The SMILES string of the molecule is CCOc1cc(C(=O)N2CCC(c3nnc4ccccn34)CC2)ccc1OC. The summed E-state index contributed by atoms with van der Waals surface area (Å²) in [6, 6.07) is 11.2. The first-order chi connectivity index (χ1) is 13.7. The normalized spacial score (nSPS) is 15.0. The number of likely N-dealkylation sites (tertiary alicyclic amines) is 1. The monoisotopic (exact) mass is 380 g/mol. The minimum Gasteiger partial charge on any atom is -0.493 e. The number of hydrogen-bond donors (Lipinski definition) is 0. The lowest BCUT2D eigenvalue weighted by molar-refractivity contribution is 0.0710. The summed E-state index contributed by atoms with van der Waals surface area (Å²) < 4.78 is 12.9. The Balaban J connectivity index is 1.46. The Hall–Kier alpha value is -3.09. The van der Waals surface area contributed by atoms with E-state index < -0.39 is 0 Å². The average molecular weight is 380 g/mol. The van der Waals surface area contributed by atoms with Crippen LogP contribution in [-0.2, 0) is 0 Å². The number of carbonyl (C=O) groups is 1. The molecule has 4 rings (SSSR count). The molecule has 0 N–H and O–H groups in total. The summed E-state index contributed by atoms with van der Waals surface area (Å²) in [5, 5.41) is 8.62. The molecule has 1 aliphatic heterocycles. The molecule has 0 spiro atoms. The molecule has 0 radical (unpaired) electrons. The van der Waals surface area contributed by atoms with Gasteiger partial charge in [-0.15, -0.1) is 10.2 Å². The van der Waals surface area contributed by atoms with Crippen molar-refractivity contribution in [2.24, 2.45) is 0 Å². The number of aromatic nitrogens is 3. The lowest BCUT2D eigenvalue weighted by Crippen LogP contribution is -2.38. The molecule has 3 aromatic rings.